The van der Waals surface area contributed by atoms with Gasteiger partial charge in [-0.3, -0.25) is 9.78 Å². The molecule has 68 valence electrons. The van der Waals surface area contributed by atoms with Gasteiger partial charge in [0.1, 0.15) is 4.83 Å². The van der Waals surface area contributed by atoms with Gasteiger partial charge in [-0.15, -0.1) is 11.3 Å². The lowest BCUT2D eigenvalue weighted by molar-refractivity contribution is 1.18. The van der Waals surface area contributed by atoms with E-state index in [1.807, 2.05) is 13.0 Å². The third-order valence-electron chi connectivity index (χ3n) is 1.82. The second kappa shape index (κ2) is 2.85. The molecule has 0 aliphatic heterocycles. The number of thiophene rings is 1. The average molecular weight is 195 g/mol. The highest BCUT2D eigenvalue weighted by molar-refractivity contribution is 7.18. The van der Waals surface area contributed by atoms with E-state index < -0.39 is 0 Å². The highest BCUT2D eigenvalue weighted by Crippen LogP contribution is 2.21. The van der Waals surface area contributed by atoms with Gasteiger partial charge in [-0.1, -0.05) is 6.92 Å². The second-order valence-corrected chi connectivity index (χ2v) is 3.85. The lowest BCUT2D eigenvalue weighted by Gasteiger charge is -1.90. The highest BCUT2D eigenvalue weighted by atomic mass is 32.1. The third-order valence-corrected chi connectivity index (χ3v) is 2.99. The van der Waals surface area contributed by atoms with Crippen LogP contribution in [0.5, 0.6) is 0 Å². The van der Waals surface area contributed by atoms with Gasteiger partial charge in [0.2, 0.25) is 5.95 Å². The monoisotopic (exact) mass is 195 g/mol. The summed E-state index contributed by atoms with van der Waals surface area (Å²) in [5.41, 5.74) is 5.26. The maximum Gasteiger partial charge on any atom is 0.261 e. The minimum Gasteiger partial charge on any atom is -0.369 e. The number of aryl methyl sites for hydroxylation is 1. The number of rotatable bonds is 1. The fourth-order valence-corrected chi connectivity index (χ4v) is 2.15. The number of hydrogen-bond donors (Lipinski definition) is 2. The zero-order chi connectivity index (χ0) is 9.42. The van der Waals surface area contributed by atoms with Gasteiger partial charge in [-0.2, -0.15) is 0 Å². The maximum atomic E-state index is 11.4. The van der Waals surface area contributed by atoms with E-state index >= 15 is 0 Å². The summed E-state index contributed by atoms with van der Waals surface area (Å²) in [7, 11) is 0. The zero-order valence-corrected chi connectivity index (χ0v) is 7.94. The van der Waals surface area contributed by atoms with E-state index in [4.69, 9.17) is 5.73 Å². The summed E-state index contributed by atoms with van der Waals surface area (Å²) in [6, 6.07) is 1.87. The van der Waals surface area contributed by atoms with Crippen LogP contribution in [0.3, 0.4) is 0 Å². The molecule has 0 bridgehead atoms. The third kappa shape index (κ3) is 1.31. The van der Waals surface area contributed by atoms with Crippen LogP contribution in [-0.4, -0.2) is 9.97 Å². The second-order valence-electron chi connectivity index (χ2n) is 2.74. The number of nitrogens with two attached hydrogens (primary N) is 1. The summed E-state index contributed by atoms with van der Waals surface area (Å²) < 4.78 is 0. The number of nitrogens with zero attached hydrogens (tertiary/aromatic N) is 1. The van der Waals surface area contributed by atoms with Crippen LogP contribution >= 0.6 is 11.3 Å². The average Bonchev–Trinajstić information content (AvgIpc) is 2.47. The number of fused-ring (bicyclic) bond motifs is 1. The molecule has 0 spiro atoms. The SMILES string of the molecule is CCc1cc2c(=O)[nH]c(N)nc2s1. The molecule has 2 aromatic heterocycles. The van der Waals surface area contributed by atoms with Gasteiger partial charge in [0.15, 0.2) is 0 Å². The van der Waals surface area contributed by atoms with E-state index in [0.29, 0.717) is 5.39 Å². The highest BCUT2D eigenvalue weighted by Gasteiger charge is 2.05. The summed E-state index contributed by atoms with van der Waals surface area (Å²) in [5.74, 6) is 0.182. The van der Waals surface area contributed by atoms with Crippen molar-refractivity contribution in [1.82, 2.24) is 9.97 Å². The van der Waals surface area contributed by atoms with Gasteiger partial charge in [0, 0.05) is 4.88 Å². The van der Waals surface area contributed by atoms with Crippen LogP contribution in [0, 0.1) is 0 Å². The van der Waals surface area contributed by atoms with Gasteiger partial charge in [-0.05, 0) is 12.5 Å². The van der Waals surface area contributed by atoms with E-state index in [9.17, 15) is 4.79 Å². The predicted octanol–water partition coefficient (Wildman–Crippen LogP) is 1.13. The molecule has 0 radical (unpaired) electrons. The molecule has 0 atom stereocenters. The quantitative estimate of drug-likeness (QED) is 0.716. The van der Waals surface area contributed by atoms with E-state index in [-0.39, 0.29) is 11.5 Å². The molecule has 0 fully saturated rings. The lowest BCUT2D eigenvalue weighted by atomic mass is 10.3. The fourth-order valence-electron chi connectivity index (χ4n) is 1.17. The number of aromatic nitrogens is 2. The van der Waals surface area contributed by atoms with Crippen LogP contribution < -0.4 is 11.3 Å². The molecule has 0 unspecified atom stereocenters. The summed E-state index contributed by atoms with van der Waals surface area (Å²) in [5, 5.41) is 0.635. The first-order valence-electron chi connectivity index (χ1n) is 3.99. The number of nitrogen functional groups attached to an aromatic ring is 1. The molecule has 2 rings (SSSR count). The van der Waals surface area contributed by atoms with E-state index in [1.54, 1.807) is 0 Å². The van der Waals surface area contributed by atoms with Crippen molar-refractivity contribution < 1.29 is 0 Å². The predicted molar refractivity (Wildman–Crippen MR) is 54.0 cm³/mol. The Balaban J connectivity index is 2.83. The Morgan fingerprint density at radius 3 is 3.15 bits per heavy atom. The Bertz CT molecular complexity index is 500. The summed E-state index contributed by atoms with van der Waals surface area (Å²) in [6.45, 7) is 2.04. The van der Waals surface area contributed by atoms with Crippen molar-refractivity contribution in [2.24, 2.45) is 0 Å². The Kier molecular flexibility index (Phi) is 1.81. The number of aromatic amines is 1. The number of anilines is 1. The zero-order valence-electron chi connectivity index (χ0n) is 7.13. The van der Waals surface area contributed by atoms with Gasteiger partial charge >= 0.3 is 0 Å². The summed E-state index contributed by atoms with van der Waals surface area (Å²) in [6.07, 6.45) is 0.917. The van der Waals surface area contributed by atoms with Gasteiger partial charge in [0.25, 0.3) is 5.56 Å². The number of hydrogen-bond acceptors (Lipinski definition) is 4. The molecule has 0 saturated carbocycles. The van der Waals surface area contributed by atoms with Gasteiger partial charge in [0.05, 0.1) is 5.39 Å². The molecular formula is C8H9N3OS. The minimum atomic E-state index is -0.154. The van der Waals surface area contributed by atoms with Crippen LogP contribution in [0.15, 0.2) is 10.9 Å². The molecule has 0 aliphatic rings. The molecular weight excluding hydrogens is 186 g/mol. The van der Waals surface area contributed by atoms with Crippen molar-refractivity contribution >= 4 is 27.5 Å². The molecule has 0 aromatic carbocycles. The van der Waals surface area contributed by atoms with Gasteiger partial charge < -0.3 is 5.73 Å². The van der Waals surface area contributed by atoms with Crippen molar-refractivity contribution in [1.29, 1.82) is 0 Å². The van der Waals surface area contributed by atoms with Crippen molar-refractivity contribution in [3.05, 3.63) is 21.3 Å². The number of H-pyrrole nitrogens is 1. The minimum absolute atomic E-state index is 0.154. The summed E-state index contributed by atoms with van der Waals surface area (Å²) >= 11 is 1.51. The number of nitrogens with one attached hydrogen (secondary N) is 1. The molecule has 5 heteroatoms. The summed E-state index contributed by atoms with van der Waals surface area (Å²) in [4.78, 5) is 19.7. The largest absolute Gasteiger partial charge is 0.369 e. The van der Waals surface area contributed by atoms with Crippen LogP contribution in [0.25, 0.3) is 10.2 Å². The molecule has 4 nitrogen and oxygen atoms in total. The first-order chi connectivity index (χ1) is 6.20. The molecule has 2 heterocycles. The van der Waals surface area contributed by atoms with E-state index in [2.05, 4.69) is 9.97 Å². The van der Waals surface area contributed by atoms with Crippen molar-refractivity contribution in [3.8, 4) is 0 Å². The van der Waals surface area contributed by atoms with Crippen LogP contribution in [0.4, 0.5) is 5.95 Å². The van der Waals surface area contributed by atoms with E-state index in [0.717, 1.165) is 16.1 Å². The Hall–Kier alpha value is -1.36. The lowest BCUT2D eigenvalue weighted by Crippen LogP contribution is -2.09. The molecule has 13 heavy (non-hydrogen) atoms. The molecule has 0 aliphatic carbocycles. The molecule has 0 amide bonds. The first kappa shape index (κ1) is 8.25. The molecule has 2 aromatic rings. The Morgan fingerprint density at radius 1 is 1.69 bits per heavy atom. The van der Waals surface area contributed by atoms with E-state index in [1.165, 1.54) is 11.3 Å². The molecule has 3 N–H and O–H groups in total. The fraction of sp³-hybridized carbons (Fsp3) is 0.250. The van der Waals surface area contributed by atoms with Crippen LogP contribution in [0.1, 0.15) is 11.8 Å². The van der Waals surface area contributed by atoms with Crippen molar-refractivity contribution in [3.63, 3.8) is 0 Å². The topological polar surface area (TPSA) is 71.8 Å². The standard InChI is InChI=1S/C8H9N3OS/c1-2-4-3-5-6(12)10-8(9)11-7(5)13-4/h3H,2H2,1H3,(H3,9,10,11,12). The maximum absolute atomic E-state index is 11.4. The van der Waals surface area contributed by atoms with Crippen LogP contribution in [-0.2, 0) is 6.42 Å². The van der Waals surface area contributed by atoms with Crippen molar-refractivity contribution in [2.45, 2.75) is 13.3 Å². The van der Waals surface area contributed by atoms with Crippen molar-refractivity contribution in [2.75, 3.05) is 5.73 Å². The first-order valence-corrected chi connectivity index (χ1v) is 4.80. The molecule has 0 saturated heterocycles. The van der Waals surface area contributed by atoms with Gasteiger partial charge in [-0.25, -0.2) is 4.98 Å². The Morgan fingerprint density at radius 2 is 2.46 bits per heavy atom. The smallest absolute Gasteiger partial charge is 0.261 e. The normalized spacial score (nSPS) is 10.8. The van der Waals surface area contributed by atoms with Crippen LogP contribution in [0.2, 0.25) is 0 Å². The Labute approximate surface area is 78.4 Å².